The average Bonchev–Trinajstić information content (AvgIpc) is 2.70. The van der Waals surface area contributed by atoms with E-state index in [0.717, 1.165) is 16.9 Å². The highest BCUT2D eigenvalue weighted by Crippen LogP contribution is 2.30. The average molecular weight is 363 g/mol. The maximum atomic E-state index is 12.4. The van der Waals surface area contributed by atoms with E-state index in [1.807, 2.05) is 37.3 Å². The van der Waals surface area contributed by atoms with E-state index in [1.165, 1.54) is 0 Å². The van der Waals surface area contributed by atoms with Crippen LogP contribution in [0.15, 0.2) is 60.8 Å². The number of aryl methyl sites for hydroxylation is 1. The van der Waals surface area contributed by atoms with Crippen molar-refractivity contribution in [3.8, 4) is 11.5 Å². The summed E-state index contributed by atoms with van der Waals surface area (Å²) in [5, 5.41) is 6.10. The number of nitrogens with zero attached hydrogens (tertiary/aromatic N) is 1. The Morgan fingerprint density at radius 3 is 2.33 bits per heavy atom. The summed E-state index contributed by atoms with van der Waals surface area (Å²) in [6.07, 6.45) is 1.63. The number of methoxy groups -OCH3 is 2. The van der Waals surface area contributed by atoms with Crippen LogP contribution in [0.25, 0.3) is 0 Å². The van der Waals surface area contributed by atoms with Crippen molar-refractivity contribution < 1.29 is 14.3 Å². The first-order valence-corrected chi connectivity index (χ1v) is 8.43. The van der Waals surface area contributed by atoms with Crippen LogP contribution in [0.2, 0.25) is 0 Å². The van der Waals surface area contributed by atoms with E-state index in [9.17, 15) is 4.79 Å². The predicted octanol–water partition coefficient (Wildman–Crippen LogP) is 4.40. The van der Waals surface area contributed by atoms with E-state index in [-0.39, 0.29) is 5.91 Å². The number of nitrogens with one attached hydrogen (secondary N) is 2. The Morgan fingerprint density at radius 2 is 1.67 bits per heavy atom. The molecule has 0 aliphatic heterocycles. The lowest BCUT2D eigenvalue weighted by Gasteiger charge is -2.11. The van der Waals surface area contributed by atoms with Crippen molar-refractivity contribution in [2.24, 2.45) is 0 Å². The molecule has 0 aliphatic rings. The summed E-state index contributed by atoms with van der Waals surface area (Å²) in [5.41, 5.74) is 3.86. The summed E-state index contributed by atoms with van der Waals surface area (Å²) in [4.78, 5) is 16.7. The van der Waals surface area contributed by atoms with Crippen LogP contribution in [-0.2, 0) is 0 Å². The topological polar surface area (TPSA) is 72.5 Å². The molecule has 27 heavy (non-hydrogen) atoms. The van der Waals surface area contributed by atoms with Crippen LogP contribution in [0, 0.1) is 6.92 Å². The highest BCUT2D eigenvalue weighted by molar-refractivity contribution is 6.03. The molecule has 0 fully saturated rings. The molecule has 138 valence electrons. The quantitative estimate of drug-likeness (QED) is 0.679. The van der Waals surface area contributed by atoms with Gasteiger partial charge in [0.05, 0.1) is 26.1 Å². The zero-order valence-electron chi connectivity index (χ0n) is 15.4. The van der Waals surface area contributed by atoms with Crippen molar-refractivity contribution in [2.45, 2.75) is 6.92 Å². The van der Waals surface area contributed by atoms with Gasteiger partial charge in [0.25, 0.3) is 5.91 Å². The van der Waals surface area contributed by atoms with E-state index in [4.69, 9.17) is 9.47 Å². The molecule has 0 bridgehead atoms. The van der Waals surface area contributed by atoms with E-state index in [2.05, 4.69) is 15.6 Å². The largest absolute Gasteiger partial charge is 0.493 e. The number of carbonyl (C=O) groups excluding carboxylic acids is 1. The molecule has 0 aliphatic carbocycles. The molecule has 3 aromatic rings. The predicted molar refractivity (Wildman–Crippen MR) is 106 cm³/mol. The molecule has 2 N–H and O–H groups in total. The first kappa shape index (κ1) is 18.3. The number of para-hydroxylation sites is 1. The Balaban J connectivity index is 1.70. The van der Waals surface area contributed by atoms with Crippen LogP contribution in [0.4, 0.5) is 17.1 Å². The minimum atomic E-state index is -0.301. The van der Waals surface area contributed by atoms with Gasteiger partial charge in [-0.15, -0.1) is 0 Å². The van der Waals surface area contributed by atoms with Crippen molar-refractivity contribution in [3.63, 3.8) is 0 Å². The molecule has 3 rings (SSSR count). The van der Waals surface area contributed by atoms with Gasteiger partial charge in [0, 0.05) is 17.4 Å². The monoisotopic (exact) mass is 363 g/mol. The lowest BCUT2D eigenvalue weighted by molar-refractivity contribution is 0.102. The maximum absolute atomic E-state index is 12.4. The van der Waals surface area contributed by atoms with Gasteiger partial charge in [-0.1, -0.05) is 18.2 Å². The number of aromatic nitrogens is 1. The number of benzene rings is 2. The Hall–Kier alpha value is -3.54. The smallest absolute Gasteiger partial charge is 0.274 e. The summed E-state index contributed by atoms with van der Waals surface area (Å²) in [6, 6.07) is 16.6. The second-order valence-electron chi connectivity index (χ2n) is 5.90. The van der Waals surface area contributed by atoms with Gasteiger partial charge in [-0.25, -0.2) is 4.98 Å². The third-order valence-corrected chi connectivity index (χ3v) is 4.06. The van der Waals surface area contributed by atoms with E-state index >= 15 is 0 Å². The second-order valence-corrected chi connectivity index (χ2v) is 5.90. The van der Waals surface area contributed by atoms with Crippen molar-refractivity contribution >= 4 is 23.0 Å². The number of carbonyl (C=O) groups is 1. The third kappa shape index (κ3) is 4.36. The number of amides is 1. The molecule has 0 spiro atoms. The maximum Gasteiger partial charge on any atom is 0.274 e. The third-order valence-electron chi connectivity index (χ3n) is 4.06. The van der Waals surface area contributed by atoms with E-state index in [1.54, 1.807) is 44.7 Å². The Labute approximate surface area is 158 Å². The number of hydrogen-bond acceptors (Lipinski definition) is 5. The van der Waals surface area contributed by atoms with Gasteiger partial charge in [0.2, 0.25) is 0 Å². The van der Waals surface area contributed by atoms with Gasteiger partial charge >= 0.3 is 0 Å². The van der Waals surface area contributed by atoms with E-state index in [0.29, 0.717) is 22.9 Å². The van der Waals surface area contributed by atoms with E-state index < -0.39 is 0 Å². The van der Waals surface area contributed by atoms with Gasteiger partial charge in [0.15, 0.2) is 11.5 Å². The highest BCUT2D eigenvalue weighted by Gasteiger charge is 2.10. The molecule has 1 heterocycles. The van der Waals surface area contributed by atoms with Crippen molar-refractivity contribution in [2.75, 3.05) is 24.9 Å². The summed E-state index contributed by atoms with van der Waals surface area (Å²) >= 11 is 0. The van der Waals surface area contributed by atoms with Crippen LogP contribution in [0.5, 0.6) is 11.5 Å². The fourth-order valence-corrected chi connectivity index (χ4v) is 2.58. The summed E-state index contributed by atoms with van der Waals surface area (Å²) in [6.45, 7) is 2.03. The first-order valence-electron chi connectivity index (χ1n) is 8.43. The second kappa shape index (κ2) is 8.23. The number of hydrogen-bond donors (Lipinski definition) is 2. The first-order chi connectivity index (χ1) is 13.1. The molecule has 2 aromatic carbocycles. The Morgan fingerprint density at radius 1 is 0.926 bits per heavy atom. The number of pyridine rings is 1. The molecule has 1 aromatic heterocycles. The Bertz CT molecular complexity index is 940. The number of rotatable bonds is 6. The molecule has 1 amide bonds. The molecule has 0 saturated heterocycles. The van der Waals surface area contributed by atoms with Gasteiger partial charge < -0.3 is 20.1 Å². The minimum absolute atomic E-state index is 0.301. The van der Waals surface area contributed by atoms with Crippen LogP contribution >= 0.6 is 0 Å². The molecular weight excluding hydrogens is 342 g/mol. The van der Waals surface area contributed by atoms with Crippen LogP contribution < -0.4 is 20.1 Å². The van der Waals surface area contributed by atoms with Gasteiger partial charge in [0.1, 0.15) is 5.69 Å². The van der Waals surface area contributed by atoms with Crippen molar-refractivity contribution in [1.82, 2.24) is 4.98 Å². The van der Waals surface area contributed by atoms with Gasteiger partial charge in [-0.05, 0) is 42.8 Å². The lowest BCUT2D eigenvalue weighted by Crippen LogP contribution is -2.13. The minimum Gasteiger partial charge on any atom is -0.493 e. The molecule has 0 saturated carbocycles. The zero-order valence-corrected chi connectivity index (χ0v) is 15.4. The number of anilines is 3. The standard InChI is InChI=1S/C21H21N3O3/c1-14-6-4-5-7-17(14)23-16-8-10-18(22-13-16)21(25)24-15-9-11-19(26-2)20(12-15)27-3/h4-13,23H,1-3H3,(H,24,25). The molecule has 6 nitrogen and oxygen atoms in total. The van der Waals surface area contributed by atoms with Crippen LogP contribution in [0.1, 0.15) is 16.1 Å². The normalized spacial score (nSPS) is 10.2. The molecule has 6 heteroatoms. The van der Waals surface area contributed by atoms with Crippen LogP contribution in [-0.4, -0.2) is 25.1 Å². The van der Waals surface area contributed by atoms with Crippen LogP contribution in [0.3, 0.4) is 0 Å². The molecule has 0 unspecified atom stereocenters. The highest BCUT2D eigenvalue weighted by atomic mass is 16.5. The molecular formula is C21H21N3O3. The van der Waals surface area contributed by atoms with Crippen molar-refractivity contribution in [1.29, 1.82) is 0 Å². The molecule has 0 atom stereocenters. The zero-order chi connectivity index (χ0) is 19.2. The summed E-state index contributed by atoms with van der Waals surface area (Å²) in [5.74, 6) is 0.839. The fraction of sp³-hybridized carbons (Fsp3) is 0.143. The molecule has 0 radical (unpaired) electrons. The van der Waals surface area contributed by atoms with Gasteiger partial charge in [-0.2, -0.15) is 0 Å². The fourth-order valence-electron chi connectivity index (χ4n) is 2.58. The number of ether oxygens (including phenoxy) is 2. The summed E-state index contributed by atoms with van der Waals surface area (Å²) < 4.78 is 10.4. The lowest BCUT2D eigenvalue weighted by atomic mass is 10.2. The van der Waals surface area contributed by atoms with Crippen molar-refractivity contribution in [3.05, 3.63) is 72.1 Å². The SMILES string of the molecule is COc1ccc(NC(=O)c2ccc(Nc3ccccc3C)cn2)cc1OC. The Kier molecular flexibility index (Phi) is 5.56. The van der Waals surface area contributed by atoms with Gasteiger partial charge in [-0.3, -0.25) is 4.79 Å². The summed E-state index contributed by atoms with van der Waals surface area (Å²) in [7, 11) is 3.11.